The highest BCUT2D eigenvalue weighted by atomic mass is 16.2. The van der Waals surface area contributed by atoms with E-state index in [1.54, 1.807) is 6.92 Å². The lowest BCUT2D eigenvalue weighted by Gasteiger charge is -2.32. The van der Waals surface area contributed by atoms with Gasteiger partial charge in [0.05, 0.1) is 11.4 Å². The van der Waals surface area contributed by atoms with Crippen LogP contribution in [0.4, 0.5) is 11.4 Å². The highest BCUT2D eigenvalue weighted by Crippen LogP contribution is 2.39. The fourth-order valence-corrected chi connectivity index (χ4v) is 3.13. The van der Waals surface area contributed by atoms with E-state index >= 15 is 0 Å². The monoisotopic (exact) mass is 336 g/mol. The predicted octanol–water partition coefficient (Wildman–Crippen LogP) is 5.13. The normalized spacial score (nSPS) is 10.4. The zero-order chi connectivity index (χ0) is 18.4. The van der Waals surface area contributed by atoms with Gasteiger partial charge in [0, 0.05) is 30.8 Å². The second kappa shape index (κ2) is 8.52. The van der Waals surface area contributed by atoms with Crippen LogP contribution < -0.4 is 9.80 Å². The summed E-state index contributed by atoms with van der Waals surface area (Å²) in [6.45, 7) is 14.3. The summed E-state index contributed by atoms with van der Waals surface area (Å²) in [4.78, 5) is 16.8. The van der Waals surface area contributed by atoms with E-state index in [1.165, 1.54) is 0 Å². The van der Waals surface area contributed by atoms with Crippen molar-refractivity contribution < 1.29 is 4.79 Å². The van der Waals surface area contributed by atoms with E-state index < -0.39 is 0 Å². The minimum atomic E-state index is -0.0267. The molecule has 2 aromatic carbocycles. The molecule has 0 aliphatic carbocycles. The fourth-order valence-electron chi connectivity index (χ4n) is 3.13. The van der Waals surface area contributed by atoms with Crippen LogP contribution in [0.15, 0.2) is 60.7 Å². The van der Waals surface area contributed by atoms with Gasteiger partial charge in [-0.1, -0.05) is 49.0 Å². The molecule has 132 valence electrons. The number of benzene rings is 2. The van der Waals surface area contributed by atoms with E-state index in [1.807, 2.05) is 42.2 Å². The van der Waals surface area contributed by atoms with E-state index in [-0.39, 0.29) is 5.91 Å². The average molecular weight is 336 g/mol. The zero-order valence-electron chi connectivity index (χ0n) is 15.7. The Morgan fingerprint density at radius 1 is 0.920 bits per heavy atom. The van der Waals surface area contributed by atoms with Crippen molar-refractivity contribution in [3.63, 3.8) is 0 Å². The number of nitrogens with zero attached hydrogens (tertiary/aromatic N) is 2. The van der Waals surface area contributed by atoms with Gasteiger partial charge in [-0.2, -0.15) is 0 Å². The molecule has 25 heavy (non-hydrogen) atoms. The van der Waals surface area contributed by atoms with Gasteiger partial charge >= 0.3 is 0 Å². The number of para-hydroxylation sites is 1. The van der Waals surface area contributed by atoms with E-state index in [0.29, 0.717) is 12.1 Å². The Morgan fingerprint density at radius 2 is 1.56 bits per heavy atom. The van der Waals surface area contributed by atoms with Gasteiger partial charge in [-0.3, -0.25) is 4.79 Å². The lowest BCUT2D eigenvalue weighted by molar-refractivity contribution is -0.115. The molecule has 0 aliphatic rings. The van der Waals surface area contributed by atoms with Gasteiger partial charge in [-0.05, 0) is 39.3 Å². The summed E-state index contributed by atoms with van der Waals surface area (Å²) >= 11 is 0. The molecule has 0 unspecified atom stereocenters. The summed E-state index contributed by atoms with van der Waals surface area (Å²) in [6, 6.07) is 16.5. The molecule has 0 bridgehead atoms. The van der Waals surface area contributed by atoms with Crippen molar-refractivity contribution in [1.29, 1.82) is 0 Å². The van der Waals surface area contributed by atoms with Crippen LogP contribution in [0.2, 0.25) is 0 Å². The first-order valence-corrected chi connectivity index (χ1v) is 8.95. The van der Waals surface area contributed by atoms with E-state index in [0.717, 1.165) is 35.6 Å². The van der Waals surface area contributed by atoms with Crippen molar-refractivity contribution in [2.75, 3.05) is 29.4 Å². The molecule has 0 aliphatic heterocycles. The van der Waals surface area contributed by atoms with Crippen LogP contribution in [-0.2, 0) is 4.79 Å². The average Bonchev–Trinajstić information content (AvgIpc) is 2.64. The summed E-state index contributed by atoms with van der Waals surface area (Å²) in [5.74, 6) is -0.0267. The molecule has 0 atom stereocenters. The topological polar surface area (TPSA) is 23.6 Å². The Bertz CT molecular complexity index is 733. The maximum Gasteiger partial charge on any atom is 0.253 e. The van der Waals surface area contributed by atoms with Crippen molar-refractivity contribution in [2.24, 2.45) is 0 Å². The summed E-state index contributed by atoms with van der Waals surface area (Å²) in [5, 5.41) is 0. The summed E-state index contributed by atoms with van der Waals surface area (Å²) in [6.07, 6.45) is 0. The van der Waals surface area contributed by atoms with E-state index in [4.69, 9.17) is 0 Å². The number of amides is 1. The molecule has 0 aromatic heterocycles. The van der Waals surface area contributed by atoms with Gasteiger partial charge < -0.3 is 9.80 Å². The molecule has 2 rings (SSSR count). The van der Waals surface area contributed by atoms with Crippen molar-refractivity contribution in [3.8, 4) is 11.1 Å². The first kappa shape index (κ1) is 18.8. The second-order valence-corrected chi connectivity index (χ2v) is 6.04. The number of likely N-dealkylation sites (N-methyl/N-ethyl adjacent to an activating group) is 1. The van der Waals surface area contributed by atoms with E-state index in [9.17, 15) is 4.79 Å². The van der Waals surface area contributed by atoms with E-state index in [2.05, 4.69) is 43.5 Å². The lowest BCUT2D eigenvalue weighted by atomic mass is 10.0. The number of carbonyl (C=O) groups is 1. The van der Waals surface area contributed by atoms with Gasteiger partial charge in [-0.25, -0.2) is 0 Å². The summed E-state index contributed by atoms with van der Waals surface area (Å²) in [5.41, 5.74) is 4.91. The Hall–Kier alpha value is -2.55. The van der Waals surface area contributed by atoms with Crippen LogP contribution in [0.1, 0.15) is 27.7 Å². The number of hydrogen-bond donors (Lipinski definition) is 0. The summed E-state index contributed by atoms with van der Waals surface area (Å²) < 4.78 is 0. The molecule has 0 saturated carbocycles. The van der Waals surface area contributed by atoms with Crippen molar-refractivity contribution in [2.45, 2.75) is 27.7 Å². The van der Waals surface area contributed by atoms with Crippen molar-refractivity contribution >= 4 is 17.3 Å². The SMILES string of the molecule is C=C(C)C(=O)N(CC)c1cccc(-c2ccccc2)c1N(CC)CC. The third-order valence-electron chi connectivity index (χ3n) is 4.40. The molecule has 0 heterocycles. The number of anilines is 2. The Labute approximate surface area is 151 Å². The Morgan fingerprint density at radius 3 is 2.08 bits per heavy atom. The second-order valence-electron chi connectivity index (χ2n) is 6.04. The smallest absolute Gasteiger partial charge is 0.253 e. The third-order valence-corrected chi connectivity index (χ3v) is 4.40. The highest BCUT2D eigenvalue weighted by Gasteiger charge is 2.22. The quantitative estimate of drug-likeness (QED) is 0.655. The molecule has 2 aromatic rings. The number of rotatable bonds is 7. The third kappa shape index (κ3) is 3.93. The Balaban J connectivity index is 2.71. The highest BCUT2D eigenvalue weighted by molar-refractivity contribution is 6.08. The predicted molar refractivity (Wildman–Crippen MR) is 108 cm³/mol. The van der Waals surface area contributed by atoms with Crippen LogP contribution in [0.25, 0.3) is 11.1 Å². The van der Waals surface area contributed by atoms with Gasteiger partial charge in [-0.15, -0.1) is 0 Å². The maximum atomic E-state index is 12.7. The van der Waals surface area contributed by atoms with Crippen LogP contribution in [0.5, 0.6) is 0 Å². The molecule has 0 saturated heterocycles. The molecular weight excluding hydrogens is 308 g/mol. The maximum absolute atomic E-state index is 12.7. The summed E-state index contributed by atoms with van der Waals surface area (Å²) in [7, 11) is 0. The van der Waals surface area contributed by atoms with Crippen LogP contribution in [0, 0.1) is 0 Å². The van der Waals surface area contributed by atoms with Crippen LogP contribution in [-0.4, -0.2) is 25.5 Å². The molecule has 3 nitrogen and oxygen atoms in total. The van der Waals surface area contributed by atoms with Crippen LogP contribution >= 0.6 is 0 Å². The minimum absolute atomic E-state index is 0.0267. The largest absolute Gasteiger partial charge is 0.370 e. The van der Waals surface area contributed by atoms with Crippen molar-refractivity contribution in [1.82, 2.24) is 0 Å². The molecule has 0 radical (unpaired) electrons. The lowest BCUT2D eigenvalue weighted by Crippen LogP contribution is -2.34. The minimum Gasteiger partial charge on any atom is -0.370 e. The zero-order valence-corrected chi connectivity index (χ0v) is 15.7. The molecule has 3 heteroatoms. The Kier molecular flexibility index (Phi) is 6.40. The van der Waals surface area contributed by atoms with Gasteiger partial charge in [0.2, 0.25) is 0 Å². The standard InChI is InChI=1S/C22H28N2O/c1-6-23(7-2)21-19(18-13-10-9-11-14-18)15-12-16-20(21)24(8-3)22(25)17(4)5/h9-16H,4,6-8H2,1-3,5H3. The molecule has 0 fully saturated rings. The molecule has 0 N–H and O–H groups in total. The van der Waals surface area contributed by atoms with Gasteiger partial charge in [0.25, 0.3) is 5.91 Å². The van der Waals surface area contributed by atoms with Crippen LogP contribution in [0.3, 0.4) is 0 Å². The first-order valence-electron chi connectivity index (χ1n) is 8.95. The van der Waals surface area contributed by atoms with Gasteiger partial charge in [0.1, 0.15) is 0 Å². The molecule has 1 amide bonds. The molecule has 0 spiro atoms. The fraction of sp³-hybridized carbons (Fsp3) is 0.318. The van der Waals surface area contributed by atoms with Gasteiger partial charge in [0.15, 0.2) is 0 Å². The number of carbonyl (C=O) groups excluding carboxylic acids is 1. The molecular formula is C22H28N2O. The van der Waals surface area contributed by atoms with Crippen molar-refractivity contribution in [3.05, 3.63) is 60.7 Å². The first-order chi connectivity index (χ1) is 12.0. The number of hydrogen-bond acceptors (Lipinski definition) is 2.